The third-order valence-electron chi connectivity index (χ3n) is 6.17. The molecule has 166 valence electrons. The standard InChI is InChI=1S/C22H27ClN4O3S/c1-25-20-8-7-18(13-21(20)26(2)22(25)28)31(29,30)24-14-16-9-11-27(12-10-16)15-17-5-3-4-6-19(17)23/h3-8,13,16,24H,9-12,14-15H2,1-2H3. The summed E-state index contributed by atoms with van der Waals surface area (Å²) in [5, 5.41) is 0.783. The van der Waals surface area contributed by atoms with E-state index in [0.29, 0.717) is 23.5 Å². The van der Waals surface area contributed by atoms with E-state index >= 15 is 0 Å². The van der Waals surface area contributed by atoms with Crippen LogP contribution in [0, 0.1) is 5.92 Å². The lowest BCUT2D eigenvalue weighted by Crippen LogP contribution is -2.38. The van der Waals surface area contributed by atoms with Gasteiger partial charge < -0.3 is 0 Å². The average Bonchev–Trinajstić information content (AvgIpc) is 2.98. The number of likely N-dealkylation sites (tertiary alicyclic amines) is 1. The summed E-state index contributed by atoms with van der Waals surface area (Å²) >= 11 is 6.26. The number of aryl methyl sites for hydroxylation is 2. The zero-order chi connectivity index (χ0) is 22.2. The Morgan fingerprint density at radius 3 is 2.42 bits per heavy atom. The number of sulfonamides is 1. The number of rotatable bonds is 6. The predicted octanol–water partition coefficient (Wildman–Crippen LogP) is 2.72. The second-order valence-electron chi connectivity index (χ2n) is 8.21. The van der Waals surface area contributed by atoms with Crippen LogP contribution >= 0.6 is 11.6 Å². The molecule has 2 aromatic carbocycles. The number of nitrogens with one attached hydrogen (secondary N) is 1. The van der Waals surface area contributed by atoms with Crippen molar-refractivity contribution in [2.24, 2.45) is 20.0 Å². The molecule has 0 unspecified atom stereocenters. The molecule has 0 radical (unpaired) electrons. The number of nitrogens with zero attached hydrogens (tertiary/aromatic N) is 3. The van der Waals surface area contributed by atoms with Crippen molar-refractivity contribution in [3.63, 3.8) is 0 Å². The van der Waals surface area contributed by atoms with Gasteiger partial charge in [-0.3, -0.25) is 14.0 Å². The van der Waals surface area contributed by atoms with Crippen LogP contribution in [0.4, 0.5) is 0 Å². The van der Waals surface area contributed by atoms with Gasteiger partial charge in [0.05, 0.1) is 15.9 Å². The monoisotopic (exact) mass is 462 g/mol. The number of piperidine rings is 1. The number of fused-ring (bicyclic) bond motifs is 1. The minimum absolute atomic E-state index is 0.178. The molecule has 4 rings (SSSR count). The fourth-order valence-corrected chi connectivity index (χ4v) is 5.51. The van der Waals surface area contributed by atoms with Gasteiger partial charge in [-0.2, -0.15) is 0 Å². The molecule has 0 bridgehead atoms. The molecule has 1 fully saturated rings. The van der Waals surface area contributed by atoms with Crippen molar-refractivity contribution in [3.05, 3.63) is 63.5 Å². The van der Waals surface area contributed by atoms with Crippen molar-refractivity contribution in [2.75, 3.05) is 19.6 Å². The molecular formula is C22H27ClN4O3S. The molecule has 0 atom stereocenters. The Kier molecular flexibility index (Phi) is 6.25. The van der Waals surface area contributed by atoms with E-state index in [2.05, 4.69) is 9.62 Å². The first kappa shape index (κ1) is 22.1. The van der Waals surface area contributed by atoms with E-state index in [1.807, 2.05) is 24.3 Å². The van der Waals surface area contributed by atoms with Crippen LogP contribution < -0.4 is 10.4 Å². The highest BCUT2D eigenvalue weighted by Gasteiger charge is 2.23. The Morgan fingerprint density at radius 1 is 1.03 bits per heavy atom. The molecule has 0 aliphatic carbocycles. The molecular weight excluding hydrogens is 436 g/mol. The molecule has 1 aliphatic heterocycles. The summed E-state index contributed by atoms with van der Waals surface area (Å²) in [4.78, 5) is 14.6. The first-order valence-corrected chi connectivity index (χ1v) is 12.2. The topological polar surface area (TPSA) is 76.3 Å². The lowest BCUT2D eigenvalue weighted by molar-refractivity contribution is 0.178. The normalized spacial score (nSPS) is 16.2. The van der Waals surface area contributed by atoms with Crippen molar-refractivity contribution >= 4 is 32.7 Å². The zero-order valence-electron chi connectivity index (χ0n) is 17.7. The Balaban J connectivity index is 1.36. The molecule has 9 heteroatoms. The molecule has 3 aromatic rings. The number of hydrogen-bond donors (Lipinski definition) is 1. The van der Waals surface area contributed by atoms with Gasteiger partial charge in [-0.1, -0.05) is 29.8 Å². The van der Waals surface area contributed by atoms with Crippen molar-refractivity contribution in [1.29, 1.82) is 0 Å². The van der Waals surface area contributed by atoms with Gasteiger partial charge >= 0.3 is 5.69 Å². The summed E-state index contributed by atoms with van der Waals surface area (Å²) in [7, 11) is -0.325. The van der Waals surface area contributed by atoms with Gasteiger partial charge in [0.25, 0.3) is 0 Å². The smallest absolute Gasteiger partial charge is 0.299 e. The fourth-order valence-electron chi connectivity index (χ4n) is 4.18. The number of hydrogen-bond acceptors (Lipinski definition) is 4. The third-order valence-corrected chi connectivity index (χ3v) is 7.96. The van der Waals surface area contributed by atoms with Crippen LogP contribution in [0.2, 0.25) is 5.02 Å². The van der Waals surface area contributed by atoms with E-state index in [0.717, 1.165) is 43.1 Å². The van der Waals surface area contributed by atoms with Crippen LogP contribution in [0.15, 0.2) is 52.2 Å². The maximum absolute atomic E-state index is 12.8. The molecule has 31 heavy (non-hydrogen) atoms. The summed E-state index contributed by atoms with van der Waals surface area (Å²) in [5.41, 5.74) is 2.25. The molecule has 1 aliphatic rings. The van der Waals surface area contributed by atoms with Gasteiger partial charge in [0.2, 0.25) is 10.0 Å². The van der Waals surface area contributed by atoms with Gasteiger partial charge in [-0.25, -0.2) is 17.9 Å². The number of imidazole rings is 1. The fraction of sp³-hybridized carbons (Fsp3) is 0.409. The van der Waals surface area contributed by atoms with Crippen LogP contribution in [-0.2, 0) is 30.7 Å². The molecule has 2 heterocycles. The third kappa shape index (κ3) is 4.57. The molecule has 0 amide bonds. The van der Waals surface area contributed by atoms with Crippen molar-refractivity contribution in [3.8, 4) is 0 Å². The van der Waals surface area contributed by atoms with E-state index in [1.54, 1.807) is 32.3 Å². The summed E-state index contributed by atoms with van der Waals surface area (Å²) < 4.78 is 31.4. The lowest BCUT2D eigenvalue weighted by Gasteiger charge is -2.32. The average molecular weight is 463 g/mol. The van der Waals surface area contributed by atoms with E-state index in [1.165, 1.54) is 9.13 Å². The first-order valence-electron chi connectivity index (χ1n) is 10.4. The summed E-state index contributed by atoms with van der Waals surface area (Å²) in [5.74, 6) is 0.294. The minimum Gasteiger partial charge on any atom is -0.299 e. The largest absolute Gasteiger partial charge is 0.328 e. The lowest BCUT2D eigenvalue weighted by atomic mass is 9.97. The quantitative estimate of drug-likeness (QED) is 0.611. The van der Waals surface area contributed by atoms with Crippen molar-refractivity contribution in [1.82, 2.24) is 18.8 Å². The van der Waals surface area contributed by atoms with Crippen LogP contribution in [0.1, 0.15) is 18.4 Å². The molecule has 1 aromatic heterocycles. The van der Waals surface area contributed by atoms with E-state index in [4.69, 9.17) is 11.6 Å². The Bertz CT molecular complexity index is 1260. The number of benzene rings is 2. The second kappa shape index (κ2) is 8.78. The summed E-state index contributed by atoms with van der Waals surface area (Å²) in [6.45, 7) is 3.05. The summed E-state index contributed by atoms with van der Waals surface area (Å²) in [6, 6.07) is 12.7. The van der Waals surface area contributed by atoms with Crippen molar-refractivity contribution < 1.29 is 8.42 Å². The van der Waals surface area contributed by atoms with Gasteiger partial charge in [-0.15, -0.1) is 0 Å². The Morgan fingerprint density at radius 2 is 1.71 bits per heavy atom. The highest BCUT2D eigenvalue weighted by atomic mass is 35.5. The highest BCUT2D eigenvalue weighted by Crippen LogP contribution is 2.23. The van der Waals surface area contributed by atoms with Crippen LogP contribution in [0.3, 0.4) is 0 Å². The van der Waals surface area contributed by atoms with Crippen molar-refractivity contribution in [2.45, 2.75) is 24.3 Å². The first-order chi connectivity index (χ1) is 14.8. The van der Waals surface area contributed by atoms with E-state index < -0.39 is 10.0 Å². The SMILES string of the molecule is Cn1c(=O)n(C)c2cc(S(=O)(=O)NCC3CCN(Cc4ccccc4Cl)CC3)ccc21. The predicted molar refractivity (Wildman–Crippen MR) is 123 cm³/mol. The van der Waals surface area contributed by atoms with E-state index in [9.17, 15) is 13.2 Å². The van der Waals surface area contributed by atoms with Gasteiger partial charge in [0, 0.05) is 32.2 Å². The van der Waals surface area contributed by atoms with Gasteiger partial charge in [0.15, 0.2) is 0 Å². The number of halogens is 1. The van der Waals surface area contributed by atoms with Crippen LogP contribution in [-0.4, -0.2) is 42.1 Å². The molecule has 0 saturated carbocycles. The van der Waals surface area contributed by atoms with Crippen LogP contribution in [0.5, 0.6) is 0 Å². The maximum Gasteiger partial charge on any atom is 0.328 e. The second-order valence-corrected chi connectivity index (χ2v) is 10.4. The summed E-state index contributed by atoms with van der Waals surface area (Å²) in [6.07, 6.45) is 1.86. The minimum atomic E-state index is -3.64. The molecule has 1 saturated heterocycles. The molecule has 0 spiro atoms. The number of aromatic nitrogens is 2. The Hall–Kier alpha value is -2.13. The Labute approximate surface area is 187 Å². The zero-order valence-corrected chi connectivity index (χ0v) is 19.3. The molecule has 1 N–H and O–H groups in total. The maximum atomic E-state index is 12.8. The highest BCUT2D eigenvalue weighted by molar-refractivity contribution is 7.89. The molecule has 7 nitrogen and oxygen atoms in total. The van der Waals surface area contributed by atoms with E-state index in [-0.39, 0.29) is 10.6 Å². The van der Waals surface area contributed by atoms with Crippen LogP contribution in [0.25, 0.3) is 11.0 Å². The van der Waals surface area contributed by atoms with Gasteiger partial charge in [-0.05, 0) is 61.7 Å². The van der Waals surface area contributed by atoms with Gasteiger partial charge in [0.1, 0.15) is 0 Å².